The van der Waals surface area contributed by atoms with E-state index in [0.717, 1.165) is 25.0 Å². The summed E-state index contributed by atoms with van der Waals surface area (Å²) in [6, 6.07) is 3.83. The number of rotatable bonds is 5. The Morgan fingerprint density at radius 3 is 2.48 bits per heavy atom. The smallest absolute Gasteiger partial charge is 0.332 e. The van der Waals surface area contributed by atoms with Gasteiger partial charge >= 0.3 is 10.2 Å². The van der Waals surface area contributed by atoms with Crippen LogP contribution in [0.4, 0.5) is 3.89 Å². The number of nitrogens with one attached hydrogen (secondary N) is 1. The Morgan fingerprint density at radius 2 is 1.86 bits per heavy atom. The van der Waals surface area contributed by atoms with Crippen LogP contribution in [0.3, 0.4) is 0 Å². The van der Waals surface area contributed by atoms with Crippen molar-refractivity contribution in [1.29, 1.82) is 0 Å². The first-order chi connectivity index (χ1) is 9.74. The zero-order valence-corrected chi connectivity index (χ0v) is 13.0. The lowest BCUT2D eigenvalue weighted by Crippen LogP contribution is -2.40. The quantitative estimate of drug-likeness (QED) is 0.815. The van der Waals surface area contributed by atoms with Gasteiger partial charge in [0.25, 0.3) is 0 Å². The van der Waals surface area contributed by atoms with Gasteiger partial charge in [0.2, 0.25) is 10.0 Å². The Balaban J connectivity index is 2.28. The highest BCUT2D eigenvalue weighted by molar-refractivity contribution is 7.89. The standard InChI is InChI=1S/C12H16FNO5S2/c1-19-12-7-3-6-11(12)14-21(17,18)10-5-2-4-9(8-10)20(13,15)16/h2,4-5,8,11-12,14H,3,6-7H2,1H3. The third kappa shape index (κ3) is 3.79. The van der Waals surface area contributed by atoms with Gasteiger partial charge in [-0.1, -0.05) is 6.07 Å². The molecule has 0 aromatic heterocycles. The van der Waals surface area contributed by atoms with Gasteiger partial charge in [0.1, 0.15) is 0 Å². The van der Waals surface area contributed by atoms with Gasteiger partial charge in [-0.3, -0.25) is 0 Å². The van der Waals surface area contributed by atoms with Crippen molar-refractivity contribution in [3.8, 4) is 0 Å². The maximum absolute atomic E-state index is 12.9. The van der Waals surface area contributed by atoms with Crippen LogP contribution in [0.2, 0.25) is 0 Å². The molecular weight excluding hydrogens is 321 g/mol. The second kappa shape index (κ2) is 5.99. The molecule has 118 valence electrons. The molecule has 2 atom stereocenters. The summed E-state index contributed by atoms with van der Waals surface area (Å²) < 4.78 is 66.8. The summed E-state index contributed by atoms with van der Waals surface area (Å²) in [4.78, 5) is -0.969. The Hall–Kier alpha value is -1.03. The molecule has 21 heavy (non-hydrogen) atoms. The van der Waals surface area contributed by atoms with Gasteiger partial charge in [-0.15, -0.1) is 3.89 Å². The molecule has 0 radical (unpaired) electrons. The molecule has 1 fully saturated rings. The summed E-state index contributed by atoms with van der Waals surface area (Å²) in [5, 5.41) is 0. The van der Waals surface area contributed by atoms with Gasteiger partial charge in [-0.05, 0) is 37.5 Å². The highest BCUT2D eigenvalue weighted by Gasteiger charge is 2.31. The molecule has 2 rings (SSSR count). The first-order valence-corrected chi connectivity index (χ1v) is 9.20. The first kappa shape index (κ1) is 16.3. The molecule has 1 N–H and O–H groups in total. The lowest BCUT2D eigenvalue weighted by atomic mass is 10.2. The molecule has 1 aliphatic rings. The fourth-order valence-electron chi connectivity index (χ4n) is 2.40. The molecule has 1 aromatic carbocycles. The van der Waals surface area contributed by atoms with Crippen LogP contribution in [0.25, 0.3) is 0 Å². The van der Waals surface area contributed by atoms with Crippen molar-refractivity contribution in [2.24, 2.45) is 0 Å². The molecule has 1 aromatic rings. The molecule has 0 heterocycles. The largest absolute Gasteiger partial charge is 0.380 e. The third-order valence-electron chi connectivity index (χ3n) is 3.46. The SMILES string of the molecule is COC1CCCC1NS(=O)(=O)c1cccc(S(=O)(=O)F)c1. The lowest BCUT2D eigenvalue weighted by molar-refractivity contribution is 0.0916. The molecule has 1 aliphatic carbocycles. The highest BCUT2D eigenvalue weighted by Crippen LogP contribution is 2.24. The minimum atomic E-state index is -4.95. The summed E-state index contributed by atoms with van der Waals surface area (Å²) in [5.74, 6) is 0. The van der Waals surface area contributed by atoms with E-state index in [9.17, 15) is 20.7 Å². The predicted molar refractivity (Wildman–Crippen MR) is 73.5 cm³/mol. The van der Waals surface area contributed by atoms with Crippen molar-refractivity contribution in [3.63, 3.8) is 0 Å². The van der Waals surface area contributed by atoms with E-state index in [2.05, 4.69) is 4.72 Å². The van der Waals surface area contributed by atoms with Gasteiger partial charge in [0.05, 0.1) is 15.9 Å². The second-order valence-electron chi connectivity index (χ2n) is 4.85. The van der Waals surface area contributed by atoms with E-state index in [-0.39, 0.29) is 17.0 Å². The third-order valence-corrected chi connectivity index (χ3v) is 5.76. The molecule has 9 heteroatoms. The Kier molecular flexibility index (Phi) is 4.66. The Bertz CT molecular complexity index is 717. The van der Waals surface area contributed by atoms with Crippen LogP contribution in [0.5, 0.6) is 0 Å². The van der Waals surface area contributed by atoms with Crippen molar-refractivity contribution in [2.75, 3.05) is 7.11 Å². The lowest BCUT2D eigenvalue weighted by Gasteiger charge is -2.19. The number of hydrogen-bond acceptors (Lipinski definition) is 5. The topological polar surface area (TPSA) is 89.5 Å². The van der Waals surface area contributed by atoms with E-state index in [1.165, 1.54) is 19.2 Å². The van der Waals surface area contributed by atoms with Gasteiger partial charge in [0.15, 0.2) is 0 Å². The van der Waals surface area contributed by atoms with E-state index in [4.69, 9.17) is 4.74 Å². The number of methoxy groups -OCH3 is 1. The van der Waals surface area contributed by atoms with Crippen LogP contribution < -0.4 is 4.72 Å². The van der Waals surface area contributed by atoms with E-state index in [0.29, 0.717) is 6.42 Å². The Morgan fingerprint density at radius 1 is 1.19 bits per heavy atom. The normalized spacial score (nSPS) is 23.3. The van der Waals surface area contributed by atoms with Crippen LogP contribution in [-0.2, 0) is 25.0 Å². The maximum atomic E-state index is 12.9. The van der Waals surface area contributed by atoms with Gasteiger partial charge in [0, 0.05) is 13.2 Å². The van der Waals surface area contributed by atoms with Crippen molar-refractivity contribution < 1.29 is 25.5 Å². The molecule has 1 saturated carbocycles. The minimum Gasteiger partial charge on any atom is -0.380 e. The number of halogens is 1. The van der Waals surface area contributed by atoms with Crippen LogP contribution in [0, 0.1) is 0 Å². The van der Waals surface area contributed by atoms with Crippen molar-refractivity contribution in [2.45, 2.75) is 41.2 Å². The number of benzene rings is 1. The minimum absolute atomic E-state index is 0.215. The van der Waals surface area contributed by atoms with E-state index in [1.54, 1.807) is 0 Å². The molecule has 0 amide bonds. The molecule has 6 nitrogen and oxygen atoms in total. The fourth-order valence-corrected chi connectivity index (χ4v) is 4.33. The number of ether oxygens (including phenoxy) is 1. The van der Waals surface area contributed by atoms with Crippen molar-refractivity contribution in [1.82, 2.24) is 4.72 Å². The molecule has 0 aliphatic heterocycles. The monoisotopic (exact) mass is 337 g/mol. The van der Waals surface area contributed by atoms with E-state index < -0.39 is 25.1 Å². The van der Waals surface area contributed by atoms with Crippen LogP contribution >= 0.6 is 0 Å². The van der Waals surface area contributed by atoms with E-state index >= 15 is 0 Å². The maximum Gasteiger partial charge on any atom is 0.332 e. The van der Waals surface area contributed by atoms with Crippen LogP contribution in [0.1, 0.15) is 19.3 Å². The van der Waals surface area contributed by atoms with Gasteiger partial charge in [-0.2, -0.15) is 8.42 Å². The van der Waals surface area contributed by atoms with Crippen LogP contribution in [-0.4, -0.2) is 36.1 Å². The zero-order valence-electron chi connectivity index (χ0n) is 11.3. The average molecular weight is 337 g/mol. The van der Waals surface area contributed by atoms with Gasteiger partial charge in [-0.25, -0.2) is 13.1 Å². The average Bonchev–Trinajstić information content (AvgIpc) is 2.84. The summed E-state index contributed by atoms with van der Waals surface area (Å²) in [6.45, 7) is 0. The van der Waals surface area contributed by atoms with Crippen molar-refractivity contribution in [3.05, 3.63) is 24.3 Å². The first-order valence-electron chi connectivity index (χ1n) is 6.34. The summed E-state index contributed by atoms with van der Waals surface area (Å²) in [6.07, 6.45) is 2.01. The fraction of sp³-hybridized carbons (Fsp3) is 0.500. The Labute approximate surface area is 123 Å². The summed E-state index contributed by atoms with van der Waals surface area (Å²) >= 11 is 0. The summed E-state index contributed by atoms with van der Waals surface area (Å²) in [5.41, 5.74) is 0. The zero-order chi connectivity index (χ0) is 15.7. The van der Waals surface area contributed by atoms with Crippen LogP contribution in [0.15, 0.2) is 34.1 Å². The van der Waals surface area contributed by atoms with Gasteiger partial charge < -0.3 is 4.74 Å². The molecule has 0 bridgehead atoms. The number of sulfonamides is 1. The molecule has 2 unspecified atom stereocenters. The number of hydrogen-bond donors (Lipinski definition) is 1. The molecular formula is C12H16FNO5S2. The summed E-state index contributed by atoms with van der Waals surface area (Å²) in [7, 11) is -7.37. The predicted octanol–water partition coefficient (Wildman–Crippen LogP) is 1.19. The molecule has 0 spiro atoms. The highest BCUT2D eigenvalue weighted by atomic mass is 32.3. The van der Waals surface area contributed by atoms with E-state index in [1.807, 2.05) is 0 Å². The second-order valence-corrected chi connectivity index (χ2v) is 7.91. The molecule has 0 saturated heterocycles. The van der Waals surface area contributed by atoms with Crippen molar-refractivity contribution >= 4 is 20.2 Å².